The Morgan fingerprint density at radius 3 is 2.54 bits per heavy atom. The van der Waals surface area contributed by atoms with Crippen molar-refractivity contribution < 1.29 is 13.5 Å². The second kappa shape index (κ2) is 5.50. The van der Waals surface area contributed by atoms with Crippen molar-refractivity contribution in [2.24, 2.45) is 5.92 Å². The molecule has 1 saturated heterocycles. The van der Waals surface area contributed by atoms with Gasteiger partial charge in [0.1, 0.15) is 0 Å². The Morgan fingerprint density at radius 2 is 2.15 bits per heavy atom. The third kappa shape index (κ3) is 4.00. The van der Waals surface area contributed by atoms with E-state index in [-0.39, 0.29) is 18.4 Å². The van der Waals surface area contributed by atoms with Gasteiger partial charge in [0.15, 0.2) is 0 Å². The summed E-state index contributed by atoms with van der Waals surface area (Å²) >= 11 is 0. The molecule has 1 fully saturated rings. The molecule has 0 aromatic rings. The molecular weight excluding hydrogens is 176 g/mol. The Bertz CT molecular complexity index is 140. The molecule has 0 aliphatic carbocycles. The molecule has 0 radical (unpaired) electrons. The predicted octanol–water partition coefficient (Wildman–Crippen LogP) is 1.66. The van der Waals surface area contributed by atoms with Gasteiger partial charge in [0.25, 0.3) is 0 Å². The molecule has 1 unspecified atom stereocenters. The molecule has 1 atom stereocenters. The fourth-order valence-corrected chi connectivity index (χ4v) is 1.26. The maximum Gasteiger partial charge on any atom is 0.239 e. The standard InChI is InChI=1S/C9H17F2NO/c1-2-7(3-9(10)11)6-13-8-4-12-5-8/h7-9,12H,2-6H2,1H3. The number of alkyl halides is 2. The van der Waals surface area contributed by atoms with Crippen molar-refractivity contribution in [1.29, 1.82) is 0 Å². The highest BCUT2D eigenvalue weighted by Crippen LogP contribution is 2.15. The summed E-state index contributed by atoms with van der Waals surface area (Å²) in [5.41, 5.74) is 0. The summed E-state index contributed by atoms with van der Waals surface area (Å²) in [6.07, 6.45) is -1.21. The smallest absolute Gasteiger partial charge is 0.239 e. The second-order valence-corrected chi connectivity index (χ2v) is 3.51. The van der Waals surface area contributed by atoms with Crippen molar-refractivity contribution in [2.75, 3.05) is 19.7 Å². The summed E-state index contributed by atoms with van der Waals surface area (Å²) < 4.78 is 29.5. The quantitative estimate of drug-likeness (QED) is 0.692. The van der Waals surface area contributed by atoms with Crippen LogP contribution in [-0.2, 0) is 4.74 Å². The highest BCUT2D eigenvalue weighted by molar-refractivity contribution is 4.75. The SMILES string of the molecule is CCC(COC1CNC1)CC(F)F. The maximum atomic E-state index is 12.0. The molecule has 1 rings (SSSR count). The van der Waals surface area contributed by atoms with Crippen molar-refractivity contribution in [3.05, 3.63) is 0 Å². The second-order valence-electron chi connectivity index (χ2n) is 3.51. The average Bonchev–Trinajstić information content (AvgIpc) is 1.99. The molecule has 0 aromatic heterocycles. The summed E-state index contributed by atoms with van der Waals surface area (Å²) in [4.78, 5) is 0. The van der Waals surface area contributed by atoms with Gasteiger partial charge in [-0.1, -0.05) is 13.3 Å². The van der Waals surface area contributed by atoms with Crippen molar-refractivity contribution in [3.8, 4) is 0 Å². The largest absolute Gasteiger partial charge is 0.375 e. The number of hydrogen-bond donors (Lipinski definition) is 1. The number of halogens is 2. The fraction of sp³-hybridized carbons (Fsp3) is 1.00. The molecule has 2 nitrogen and oxygen atoms in total. The monoisotopic (exact) mass is 193 g/mol. The lowest BCUT2D eigenvalue weighted by Gasteiger charge is -2.28. The van der Waals surface area contributed by atoms with Crippen LogP contribution in [0.1, 0.15) is 19.8 Å². The first-order valence-electron chi connectivity index (χ1n) is 4.82. The predicted molar refractivity (Wildman–Crippen MR) is 47.0 cm³/mol. The van der Waals surface area contributed by atoms with Gasteiger partial charge in [-0.15, -0.1) is 0 Å². The van der Waals surface area contributed by atoms with Crippen LogP contribution >= 0.6 is 0 Å². The van der Waals surface area contributed by atoms with Gasteiger partial charge in [-0.25, -0.2) is 8.78 Å². The van der Waals surface area contributed by atoms with Gasteiger partial charge in [0, 0.05) is 19.5 Å². The summed E-state index contributed by atoms with van der Waals surface area (Å²) in [5, 5.41) is 3.07. The van der Waals surface area contributed by atoms with Crippen LogP contribution in [0.4, 0.5) is 8.78 Å². The number of rotatable bonds is 6. The van der Waals surface area contributed by atoms with Gasteiger partial charge in [0.05, 0.1) is 12.7 Å². The minimum atomic E-state index is -2.20. The van der Waals surface area contributed by atoms with Crippen LogP contribution in [0.3, 0.4) is 0 Å². The van der Waals surface area contributed by atoms with E-state index in [0.717, 1.165) is 19.5 Å². The molecule has 0 aromatic carbocycles. The Kier molecular flexibility index (Phi) is 4.59. The zero-order chi connectivity index (χ0) is 9.68. The van der Waals surface area contributed by atoms with Gasteiger partial charge < -0.3 is 10.1 Å². The van der Waals surface area contributed by atoms with E-state index < -0.39 is 6.43 Å². The van der Waals surface area contributed by atoms with E-state index in [1.54, 1.807) is 0 Å². The van der Waals surface area contributed by atoms with Gasteiger partial charge in [-0.3, -0.25) is 0 Å². The lowest BCUT2D eigenvalue weighted by atomic mass is 10.0. The van der Waals surface area contributed by atoms with E-state index in [2.05, 4.69) is 5.32 Å². The van der Waals surface area contributed by atoms with Crippen molar-refractivity contribution >= 4 is 0 Å². The summed E-state index contributed by atoms with van der Waals surface area (Å²) in [6, 6.07) is 0. The summed E-state index contributed by atoms with van der Waals surface area (Å²) in [6.45, 7) is 4.14. The van der Waals surface area contributed by atoms with E-state index in [1.165, 1.54) is 0 Å². The Morgan fingerprint density at radius 1 is 1.46 bits per heavy atom. The first-order valence-corrected chi connectivity index (χ1v) is 4.82. The highest BCUT2D eigenvalue weighted by Gasteiger charge is 2.20. The van der Waals surface area contributed by atoms with Crippen LogP contribution in [0.25, 0.3) is 0 Å². The van der Waals surface area contributed by atoms with E-state index in [1.807, 2.05) is 6.92 Å². The van der Waals surface area contributed by atoms with Crippen LogP contribution < -0.4 is 5.32 Å². The molecule has 1 N–H and O–H groups in total. The van der Waals surface area contributed by atoms with Gasteiger partial charge in [0.2, 0.25) is 6.43 Å². The lowest BCUT2D eigenvalue weighted by Crippen LogP contribution is -2.49. The zero-order valence-electron chi connectivity index (χ0n) is 7.93. The molecule has 0 bridgehead atoms. The van der Waals surface area contributed by atoms with E-state index >= 15 is 0 Å². The van der Waals surface area contributed by atoms with Crippen LogP contribution in [-0.4, -0.2) is 32.2 Å². The molecule has 4 heteroatoms. The Hall–Kier alpha value is -0.220. The topological polar surface area (TPSA) is 21.3 Å². The van der Waals surface area contributed by atoms with Crippen LogP contribution in [0.2, 0.25) is 0 Å². The van der Waals surface area contributed by atoms with Crippen molar-refractivity contribution in [3.63, 3.8) is 0 Å². The average molecular weight is 193 g/mol. The molecule has 13 heavy (non-hydrogen) atoms. The third-order valence-corrected chi connectivity index (χ3v) is 2.40. The highest BCUT2D eigenvalue weighted by atomic mass is 19.3. The zero-order valence-corrected chi connectivity index (χ0v) is 7.93. The van der Waals surface area contributed by atoms with Crippen LogP contribution in [0, 0.1) is 5.92 Å². The van der Waals surface area contributed by atoms with Crippen LogP contribution in [0.15, 0.2) is 0 Å². The van der Waals surface area contributed by atoms with Gasteiger partial charge >= 0.3 is 0 Å². The normalized spacial score (nSPS) is 20.3. The number of hydrogen-bond acceptors (Lipinski definition) is 2. The third-order valence-electron chi connectivity index (χ3n) is 2.40. The molecule has 1 heterocycles. The summed E-state index contributed by atoms with van der Waals surface area (Å²) in [5.74, 6) is 0.0144. The molecular formula is C9H17F2NO. The Labute approximate surface area is 77.6 Å². The van der Waals surface area contributed by atoms with Crippen molar-refractivity contribution in [1.82, 2.24) is 5.32 Å². The van der Waals surface area contributed by atoms with E-state index in [9.17, 15) is 8.78 Å². The lowest BCUT2D eigenvalue weighted by molar-refractivity contribution is -0.0140. The first kappa shape index (κ1) is 10.9. The minimum absolute atomic E-state index is 0.0144. The molecule has 78 valence electrons. The fourth-order valence-electron chi connectivity index (χ4n) is 1.26. The summed E-state index contributed by atoms with van der Waals surface area (Å²) in [7, 11) is 0. The van der Waals surface area contributed by atoms with Crippen LogP contribution in [0.5, 0.6) is 0 Å². The van der Waals surface area contributed by atoms with E-state index in [0.29, 0.717) is 6.61 Å². The minimum Gasteiger partial charge on any atom is -0.375 e. The maximum absolute atomic E-state index is 12.0. The van der Waals surface area contributed by atoms with Crippen molar-refractivity contribution in [2.45, 2.75) is 32.3 Å². The molecule has 0 spiro atoms. The molecule has 1 aliphatic heterocycles. The first-order chi connectivity index (χ1) is 6.22. The molecule has 0 amide bonds. The van der Waals surface area contributed by atoms with E-state index in [4.69, 9.17) is 4.74 Å². The number of ether oxygens (including phenoxy) is 1. The van der Waals surface area contributed by atoms with Gasteiger partial charge in [-0.05, 0) is 5.92 Å². The molecule has 1 aliphatic rings. The number of nitrogens with one attached hydrogen (secondary N) is 1. The Balaban J connectivity index is 2.07. The molecule has 0 saturated carbocycles. The van der Waals surface area contributed by atoms with Gasteiger partial charge in [-0.2, -0.15) is 0 Å².